The van der Waals surface area contributed by atoms with Crippen LogP contribution in [-0.2, 0) is 20.6 Å². The van der Waals surface area contributed by atoms with E-state index in [4.69, 9.17) is 0 Å². The maximum atomic E-state index is 12.5. The monoisotopic (exact) mass is 302 g/mol. The first-order valence-corrected chi connectivity index (χ1v) is 7.65. The van der Waals surface area contributed by atoms with Crippen LogP contribution < -0.4 is 5.32 Å². The zero-order valence-corrected chi connectivity index (χ0v) is 13.1. The average molecular weight is 302 g/mol. The lowest BCUT2D eigenvalue weighted by Gasteiger charge is -2.35. The number of amides is 2. The molecule has 7 nitrogen and oxygen atoms in total. The van der Waals surface area contributed by atoms with Crippen molar-refractivity contribution in [3.63, 3.8) is 0 Å². The molecular weight excluding hydrogens is 280 g/mol. The number of hydrogen-bond donors (Lipinski definition) is 1. The largest absolute Gasteiger partial charge is 0.332 e. The normalized spacial score (nSPS) is 18.5. The molecule has 0 bridgehead atoms. The Labute approximate surface area is 129 Å². The van der Waals surface area contributed by atoms with Gasteiger partial charge in [0.1, 0.15) is 0 Å². The number of hydrogen-bond acceptors (Lipinski definition) is 3. The third kappa shape index (κ3) is 3.13. The number of piperidine rings is 1. The standard InChI is InChI=1S/C15H22N6O/c1-19-8-6-13(18-19)10-16-15(22)21-7-4-3-5-14(21)12-9-17-20(2)11-12/h6,8-9,11,14H,3-5,7,10H2,1-2H3,(H,16,22). The van der Waals surface area contributed by atoms with E-state index in [9.17, 15) is 4.79 Å². The quantitative estimate of drug-likeness (QED) is 0.936. The second-order valence-corrected chi connectivity index (χ2v) is 5.79. The molecule has 1 fully saturated rings. The van der Waals surface area contributed by atoms with Crippen molar-refractivity contribution in [1.29, 1.82) is 0 Å². The Morgan fingerprint density at radius 2 is 2.23 bits per heavy atom. The highest BCUT2D eigenvalue weighted by molar-refractivity contribution is 5.74. The molecule has 1 aliphatic heterocycles. The predicted octanol–water partition coefficient (Wildman–Crippen LogP) is 1.59. The Morgan fingerprint density at radius 1 is 1.36 bits per heavy atom. The Bertz CT molecular complexity index is 646. The highest BCUT2D eigenvalue weighted by Crippen LogP contribution is 2.30. The number of carbonyl (C=O) groups excluding carboxylic acids is 1. The fourth-order valence-corrected chi connectivity index (χ4v) is 2.96. The number of aryl methyl sites for hydroxylation is 2. The molecule has 3 rings (SSSR count). The smallest absolute Gasteiger partial charge is 0.318 e. The van der Waals surface area contributed by atoms with Crippen LogP contribution in [0.3, 0.4) is 0 Å². The molecule has 2 aromatic rings. The zero-order valence-electron chi connectivity index (χ0n) is 13.1. The molecule has 22 heavy (non-hydrogen) atoms. The van der Waals surface area contributed by atoms with E-state index in [1.165, 1.54) is 0 Å². The lowest BCUT2D eigenvalue weighted by atomic mass is 9.98. The van der Waals surface area contributed by atoms with E-state index >= 15 is 0 Å². The Hall–Kier alpha value is -2.31. The van der Waals surface area contributed by atoms with E-state index in [0.717, 1.165) is 37.1 Å². The number of likely N-dealkylation sites (tertiary alicyclic amines) is 1. The van der Waals surface area contributed by atoms with E-state index in [-0.39, 0.29) is 12.1 Å². The first kappa shape index (κ1) is 14.6. The Morgan fingerprint density at radius 3 is 2.91 bits per heavy atom. The van der Waals surface area contributed by atoms with Gasteiger partial charge in [-0.2, -0.15) is 10.2 Å². The fourth-order valence-electron chi connectivity index (χ4n) is 2.96. The molecule has 1 unspecified atom stereocenters. The lowest BCUT2D eigenvalue weighted by Crippen LogP contribution is -2.44. The third-order valence-electron chi connectivity index (χ3n) is 4.06. The van der Waals surface area contributed by atoms with Crippen LogP contribution in [0.4, 0.5) is 4.79 Å². The van der Waals surface area contributed by atoms with Crippen molar-refractivity contribution in [3.05, 3.63) is 35.9 Å². The van der Waals surface area contributed by atoms with Crippen LogP contribution >= 0.6 is 0 Å². The van der Waals surface area contributed by atoms with Gasteiger partial charge in [-0.25, -0.2) is 4.79 Å². The number of aromatic nitrogens is 4. The van der Waals surface area contributed by atoms with Gasteiger partial charge in [0.05, 0.1) is 24.5 Å². The summed E-state index contributed by atoms with van der Waals surface area (Å²) in [6, 6.07) is 2.00. The van der Waals surface area contributed by atoms with Crippen LogP contribution in [0.2, 0.25) is 0 Å². The summed E-state index contributed by atoms with van der Waals surface area (Å²) in [6.07, 6.45) is 8.91. The van der Waals surface area contributed by atoms with Crippen LogP contribution in [0.25, 0.3) is 0 Å². The predicted molar refractivity (Wildman–Crippen MR) is 81.9 cm³/mol. The molecule has 1 atom stereocenters. The molecule has 2 aromatic heterocycles. The summed E-state index contributed by atoms with van der Waals surface area (Å²) in [5.41, 5.74) is 1.97. The number of rotatable bonds is 3. The highest BCUT2D eigenvalue weighted by Gasteiger charge is 2.28. The zero-order chi connectivity index (χ0) is 15.5. The molecule has 3 heterocycles. The summed E-state index contributed by atoms with van der Waals surface area (Å²) in [7, 11) is 3.77. The summed E-state index contributed by atoms with van der Waals surface area (Å²) in [5, 5.41) is 11.5. The fraction of sp³-hybridized carbons (Fsp3) is 0.533. The number of carbonyl (C=O) groups is 1. The number of urea groups is 1. The lowest BCUT2D eigenvalue weighted by molar-refractivity contribution is 0.151. The Balaban J connectivity index is 1.66. The molecule has 0 aromatic carbocycles. The van der Waals surface area contributed by atoms with Crippen molar-refractivity contribution >= 4 is 6.03 Å². The van der Waals surface area contributed by atoms with Crippen molar-refractivity contribution in [2.45, 2.75) is 31.8 Å². The van der Waals surface area contributed by atoms with E-state index in [2.05, 4.69) is 15.5 Å². The van der Waals surface area contributed by atoms with Gasteiger partial charge in [0.25, 0.3) is 0 Å². The van der Waals surface area contributed by atoms with Crippen LogP contribution in [-0.4, -0.2) is 37.0 Å². The summed E-state index contributed by atoms with van der Waals surface area (Å²) < 4.78 is 3.52. The van der Waals surface area contributed by atoms with Gasteiger partial charge in [0, 0.05) is 38.6 Å². The SMILES string of the molecule is Cn1cc(C2CCCCN2C(=O)NCc2ccn(C)n2)cn1. The minimum atomic E-state index is -0.0285. The van der Waals surface area contributed by atoms with Gasteiger partial charge >= 0.3 is 6.03 Å². The van der Waals surface area contributed by atoms with E-state index in [1.807, 2.05) is 43.7 Å². The van der Waals surface area contributed by atoms with Gasteiger partial charge in [0.2, 0.25) is 0 Å². The summed E-state index contributed by atoms with van der Waals surface area (Å²) in [4.78, 5) is 14.4. The van der Waals surface area contributed by atoms with Gasteiger partial charge in [-0.3, -0.25) is 9.36 Å². The Kier molecular flexibility index (Phi) is 4.13. The minimum absolute atomic E-state index is 0.0285. The minimum Gasteiger partial charge on any atom is -0.332 e. The van der Waals surface area contributed by atoms with Crippen molar-refractivity contribution in [1.82, 2.24) is 29.8 Å². The summed E-state index contributed by atoms with van der Waals surface area (Å²) in [5.74, 6) is 0. The summed E-state index contributed by atoms with van der Waals surface area (Å²) in [6.45, 7) is 1.24. The average Bonchev–Trinajstić information content (AvgIpc) is 3.13. The van der Waals surface area contributed by atoms with Crippen LogP contribution in [0.5, 0.6) is 0 Å². The topological polar surface area (TPSA) is 68.0 Å². The summed E-state index contributed by atoms with van der Waals surface area (Å²) >= 11 is 0. The molecule has 0 aliphatic carbocycles. The van der Waals surface area contributed by atoms with Crippen molar-refractivity contribution < 1.29 is 4.79 Å². The molecule has 118 valence electrons. The molecule has 7 heteroatoms. The van der Waals surface area contributed by atoms with E-state index < -0.39 is 0 Å². The second-order valence-electron chi connectivity index (χ2n) is 5.79. The van der Waals surface area contributed by atoms with Crippen LogP contribution in [0.15, 0.2) is 24.7 Å². The first-order chi connectivity index (χ1) is 10.6. The molecule has 2 amide bonds. The highest BCUT2D eigenvalue weighted by atomic mass is 16.2. The van der Waals surface area contributed by atoms with Crippen LogP contribution in [0.1, 0.15) is 36.6 Å². The molecule has 0 spiro atoms. The molecule has 1 saturated heterocycles. The van der Waals surface area contributed by atoms with Crippen molar-refractivity contribution in [2.75, 3.05) is 6.54 Å². The number of nitrogens with zero attached hydrogens (tertiary/aromatic N) is 5. The van der Waals surface area contributed by atoms with Gasteiger partial charge in [-0.15, -0.1) is 0 Å². The maximum Gasteiger partial charge on any atom is 0.318 e. The van der Waals surface area contributed by atoms with Gasteiger partial charge < -0.3 is 10.2 Å². The number of nitrogens with one attached hydrogen (secondary N) is 1. The van der Waals surface area contributed by atoms with Crippen molar-refractivity contribution in [3.8, 4) is 0 Å². The van der Waals surface area contributed by atoms with Crippen LogP contribution in [0, 0.1) is 0 Å². The molecule has 1 aliphatic rings. The molecule has 0 saturated carbocycles. The second kappa shape index (κ2) is 6.21. The molecule has 1 N–H and O–H groups in total. The van der Waals surface area contributed by atoms with Gasteiger partial charge in [-0.1, -0.05) is 0 Å². The molecule has 0 radical (unpaired) electrons. The molecular formula is C15H22N6O. The first-order valence-electron chi connectivity index (χ1n) is 7.65. The third-order valence-corrected chi connectivity index (χ3v) is 4.06. The van der Waals surface area contributed by atoms with Gasteiger partial charge in [0.15, 0.2) is 0 Å². The van der Waals surface area contributed by atoms with E-state index in [0.29, 0.717) is 6.54 Å². The van der Waals surface area contributed by atoms with E-state index in [1.54, 1.807) is 9.36 Å². The maximum absolute atomic E-state index is 12.5. The van der Waals surface area contributed by atoms with Gasteiger partial charge in [-0.05, 0) is 25.3 Å². The van der Waals surface area contributed by atoms with Crippen molar-refractivity contribution in [2.24, 2.45) is 14.1 Å².